The minimum Gasteiger partial charge on any atom is -0.457 e. The molecule has 0 unspecified atom stereocenters. The van der Waals surface area contributed by atoms with Gasteiger partial charge in [0.05, 0.1) is 0 Å². The fourth-order valence-corrected chi connectivity index (χ4v) is 2.27. The normalized spacial score (nSPS) is 14.5. The average Bonchev–Trinajstić information content (AvgIpc) is 2.50. The van der Waals surface area contributed by atoms with Gasteiger partial charge in [-0.2, -0.15) is 0 Å². The van der Waals surface area contributed by atoms with Crippen LogP contribution in [0.25, 0.3) is 0 Å². The molecule has 0 radical (unpaired) electrons. The molecule has 0 atom stereocenters. The number of nitrogens with one attached hydrogen (secondary N) is 1. The molecule has 0 amide bonds. The summed E-state index contributed by atoms with van der Waals surface area (Å²) in [5, 5.41) is 3.36. The maximum absolute atomic E-state index is 5.79. The van der Waals surface area contributed by atoms with E-state index in [9.17, 15) is 0 Å². The molecule has 1 fully saturated rings. The van der Waals surface area contributed by atoms with Gasteiger partial charge in [-0.05, 0) is 36.4 Å². The van der Waals surface area contributed by atoms with Crippen molar-refractivity contribution in [2.24, 2.45) is 0 Å². The summed E-state index contributed by atoms with van der Waals surface area (Å²) in [7, 11) is 0. The van der Waals surface area contributed by atoms with Gasteiger partial charge < -0.3 is 15.0 Å². The third-order valence-electron chi connectivity index (χ3n) is 3.30. The lowest BCUT2D eigenvalue weighted by Crippen LogP contribution is -2.43. The molecular weight excluding hydrogens is 272 g/mol. The zero-order valence-electron chi connectivity index (χ0n) is 11.3. The van der Waals surface area contributed by atoms with E-state index in [2.05, 4.69) is 22.3 Å². The molecule has 106 valence electrons. The molecule has 3 rings (SSSR count). The van der Waals surface area contributed by atoms with Crippen molar-refractivity contribution in [3.8, 4) is 11.5 Å². The lowest BCUT2D eigenvalue weighted by molar-refractivity contribution is 0.482. The quantitative estimate of drug-likeness (QED) is 0.938. The second kappa shape index (κ2) is 7.17. The Bertz CT molecular complexity index is 510. The van der Waals surface area contributed by atoms with Gasteiger partial charge in [0.1, 0.15) is 11.5 Å². The number of benzene rings is 2. The van der Waals surface area contributed by atoms with Crippen LogP contribution in [-0.2, 0) is 0 Å². The van der Waals surface area contributed by atoms with Crippen molar-refractivity contribution in [2.45, 2.75) is 0 Å². The van der Waals surface area contributed by atoms with E-state index in [-0.39, 0.29) is 12.4 Å². The number of ether oxygens (including phenoxy) is 1. The van der Waals surface area contributed by atoms with Crippen LogP contribution in [0, 0.1) is 0 Å². The van der Waals surface area contributed by atoms with Crippen LogP contribution < -0.4 is 15.0 Å². The van der Waals surface area contributed by atoms with E-state index in [0.717, 1.165) is 37.7 Å². The number of rotatable bonds is 3. The molecule has 1 heterocycles. The van der Waals surface area contributed by atoms with Crippen LogP contribution >= 0.6 is 12.4 Å². The molecule has 2 aromatic carbocycles. The average molecular weight is 291 g/mol. The van der Waals surface area contributed by atoms with Crippen LogP contribution in [0.5, 0.6) is 11.5 Å². The van der Waals surface area contributed by atoms with Crippen LogP contribution in [0.2, 0.25) is 0 Å². The Kier molecular flexibility index (Phi) is 5.27. The molecule has 0 spiro atoms. The Morgan fingerprint density at radius 3 is 2.05 bits per heavy atom. The maximum atomic E-state index is 5.79. The first kappa shape index (κ1) is 14.7. The van der Waals surface area contributed by atoms with Gasteiger partial charge in [-0.1, -0.05) is 18.2 Å². The topological polar surface area (TPSA) is 24.5 Å². The summed E-state index contributed by atoms with van der Waals surface area (Å²) in [6, 6.07) is 18.2. The monoisotopic (exact) mass is 290 g/mol. The molecule has 0 saturated carbocycles. The second-order valence-corrected chi connectivity index (χ2v) is 4.65. The van der Waals surface area contributed by atoms with Crippen molar-refractivity contribution in [3.63, 3.8) is 0 Å². The van der Waals surface area contributed by atoms with E-state index in [0.29, 0.717) is 0 Å². The number of halogens is 1. The van der Waals surface area contributed by atoms with Crippen LogP contribution in [-0.4, -0.2) is 26.2 Å². The molecule has 1 aliphatic heterocycles. The maximum Gasteiger partial charge on any atom is 0.127 e. The summed E-state index contributed by atoms with van der Waals surface area (Å²) in [5.41, 5.74) is 1.27. The molecule has 4 heteroatoms. The summed E-state index contributed by atoms with van der Waals surface area (Å²) in [6.45, 7) is 4.25. The standard InChI is InChI=1S/C16H18N2O.ClH/c1-2-4-15(5-3-1)19-16-8-6-14(7-9-16)18-12-10-17-11-13-18;/h1-9,17H,10-13H2;1H. The lowest BCUT2D eigenvalue weighted by Gasteiger charge is -2.29. The Hall–Kier alpha value is -1.71. The van der Waals surface area contributed by atoms with E-state index in [1.807, 2.05) is 42.5 Å². The van der Waals surface area contributed by atoms with Crippen LogP contribution in [0.4, 0.5) is 5.69 Å². The highest BCUT2D eigenvalue weighted by Crippen LogP contribution is 2.24. The highest BCUT2D eigenvalue weighted by Gasteiger charge is 2.10. The summed E-state index contributed by atoms with van der Waals surface area (Å²) < 4.78 is 5.79. The molecule has 20 heavy (non-hydrogen) atoms. The lowest BCUT2D eigenvalue weighted by atomic mass is 10.2. The number of hydrogen-bond acceptors (Lipinski definition) is 3. The van der Waals surface area contributed by atoms with Crippen molar-refractivity contribution in [3.05, 3.63) is 54.6 Å². The van der Waals surface area contributed by atoms with E-state index in [1.54, 1.807) is 0 Å². The molecule has 0 aromatic heterocycles. The van der Waals surface area contributed by atoms with Crippen molar-refractivity contribution in [1.29, 1.82) is 0 Å². The van der Waals surface area contributed by atoms with Crippen LogP contribution in [0.15, 0.2) is 54.6 Å². The first-order valence-electron chi connectivity index (χ1n) is 6.70. The second-order valence-electron chi connectivity index (χ2n) is 4.65. The van der Waals surface area contributed by atoms with Gasteiger partial charge in [0, 0.05) is 31.9 Å². The smallest absolute Gasteiger partial charge is 0.127 e. The zero-order chi connectivity index (χ0) is 12.9. The summed E-state index contributed by atoms with van der Waals surface area (Å²) >= 11 is 0. The number of anilines is 1. The third-order valence-corrected chi connectivity index (χ3v) is 3.30. The van der Waals surface area contributed by atoms with Gasteiger partial charge in [-0.3, -0.25) is 0 Å². The van der Waals surface area contributed by atoms with Gasteiger partial charge in [0.25, 0.3) is 0 Å². The number of piperazine rings is 1. The molecule has 0 bridgehead atoms. The van der Waals surface area contributed by atoms with Crippen molar-refractivity contribution >= 4 is 18.1 Å². The Balaban J connectivity index is 0.00000147. The Morgan fingerprint density at radius 2 is 1.40 bits per heavy atom. The van der Waals surface area contributed by atoms with E-state index < -0.39 is 0 Å². The number of hydrogen-bond donors (Lipinski definition) is 1. The predicted octanol–water partition coefficient (Wildman–Crippen LogP) is 3.31. The first-order chi connectivity index (χ1) is 9.42. The summed E-state index contributed by atoms with van der Waals surface area (Å²) in [6.07, 6.45) is 0. The van der Waals surface area contributed by atoms with E-state index in [1.165, 1.54) is 5.69 Å². The first-order valence-corrected chi connectivity index (χ1v) is 6.70. The molecule has 1 N–H and O–H groups in total. The molecule has 0 aliphatic carbocycles. The minimum absolute atomic E-state index is 0. The zero-order valence-corrected chi connectivity index (χ0v) is 12.1. The van der Waals surface area contributed by atoms with Gasteiger partial charge in [-0.15, -0.1) is 12.4 Å². The Labute approximate surface area is 126 Å². The molecule has 1 saturated heterocycles. The summed E-state index contributed by atoms with van der Waals surface area (Å²) in [5.74, 6) is 1.75. The van der Waals surface area contributed by atoms with Crippen molar-refractivity contribution in [2.75, 3.05) is 31.1 Å². The highest BCUT2D eigenvalue weighted by molar-refractivity contribution is 5.85. The predicted molar refractivity (Wildman–Crippen MR) is 85.3 cm³/mol. The molecule has 1 aliphatic rings. The van der Waals surface area contributed by atoms with Gasteiger partial charge in [-0.25, -0.2) is 0 Å². The van der Waals surface area contributed by atoms with Crippen LogP contribution in [0.1, 0.15) is 0 Å². The van der Waals surface area contributed by atoms with Crippen LogP contribution in [0.3, 0.4) is 0 Å². The fourth-order valence-electron chi connectivity index (χ4n) is 2.27. The fraction of sp³-hybridized carbons (Fsp3) is 0.250. The summed E-state index contributed by atoms with van der Waals surface area (Å²) in [4.78, 5) is 2.39. The minimum atomic E-state index is 0. The number of nitrogens with zero attached hydrogens (tertiary/aromatic N) is 1. The molecule has 3 nitrogen and oxygen atoms in total. The molecular formula is C16H19ClN2O. The van der Waals surface area contributed by atoms with Crippen molar-refractivity contribution in [1.82, 2.24) is 5.32 Å². The third kappa shape index (κ3) is 3.65. The molecule has 2 aromatic rings. The van der Waals surface area contributed by atoms with E-state index >= 15 is 0 Å². The SMILES string of the molecule is Cl.c1ccc(Oc2ccc(N3CCNCC3)cc2)cc1. The van der Waals surface area contributed by atoms with Gasteiger partial charge in [0.2, 0.25) is 0 Å². The van der Waals surface area contributed by atoms with Gasteiger partial charge in [0.15, 0.2) is 0 Å². The Morgan fingerprint density at radius 1 is 0.800 bits per heavy atom. The largest absolute Gasteiger partial charge is 0.457 e. The highest BCUT2D eigenvalue weighted by atomic mass is 35.5. The van der Waals surface area contributed by atoms with Crippen molar-refractivity contribution < 1.29 is 4.74 Å². The number of para-hydroxylation sites is 1. The van der Waals surface area contributed by atoms with E-state index in [4.69, 9.17) is 4.74 Å². The van der Waals surface area contributed by atoms with Gasteiger partial charge >= 0.3 is 0 Å².